The maximum Gasteiger partial charge on any atom is 0.331 e. The number of hydrogen-bond donors (Lipinski definition) is 1. The van der Waals surface area contributed by atoms with Crippen LogP contribution in [0.4, 0.5) is 0 Å². The van der Waals surface area contributed by atoms with Crippen LogP contribution in [-0.2, 0) is 14.3 Å². The van der Waals surface area contributed by atoms with Crippen molar-refractivity contribution in [2.75, 3.05) is 6.61 Å². The van der Waals surface area contributed by atoms with Gasteiger partial charge in [0.25, 0.3) is 0 Å². The third-order valence-electron chi connectivity index (χ3n) is 3.28. The number of esters is 1. The number of aliphatic carboxylic acids is 1. The van der Waals surface area contributed by atoms with Gasteiger partial charge in [0.2, 0.25) is 0 Å². The fourth-order valence-corrected chi connectivity index (χ4v) is 2.08. The molecule has 0 spiro atoms. The topological polar surface area (TPSA) is 63.6 Å². The molecule has 0 aliphatic rings. The molecule has 0 amide bonds. The summed E-state index contributed by atoms with van der Waals surface area (Å²) in [6.07, 6.45) is 12.7. The van der Waals surface area contributed by atoms with E-state index in [1.807, 2.05) is 0 Å². The number of carbonyl (C=O) groups is 2. The second kappa shape index (κ2) is 13.7. The quantitative estimate of drug-likeness (QED) is 0.312. The van der Waals surface area contributed by atoms with Crippen LogP contribution < -0.4 is 0 Å². The summed E-state index contributed by atoms with van der Waals surface area (Å²) in [5, 5.41) is 8.34. The summed E-state index contributed by atoms with van der Waals surface area (Å²) in [5.41, 5.74) is 0. The molecule has 0 aromatic heterocycles. The number of carboxylic acids is 1. The van der Waals surface area contributed by atoms with Crippen LogP contribution in [0.2, 0.25) is 0 Å². The minimum atomic E-state index is -1.14. The maximum absolute atomic E-state index is 11.1. The van der Waals surface area contributed by atoms with Crippen LogP contribution in [0, 0.1) is 5.92 Å². The van der Waals surface area contributed by atoms with E-state index in [-0.39, 0.29) is 0 Å². The Kier molecular flexibility index (Phi) is 12.8. The molecule has 0 unspecified atom stereocenters. The normalized spacial score (nSPS) is 11.2. The Bertz CT molecular complexity index is 308. The van der Waals surface area contributed by atoms with E-state index in [2.05, 4.69) is 13.8 Å². The van der Waals surface area contributed by atoms with Gasteiger partial charge in [-0.1, -0.05) is 65.2 Å². The molecule has 0 fully saturated rings. The van der Waals surface area contributed by atoms with Gasteiger partial charge in [-0.2, -0.15) is 0 Å². The third kappa shape index (κ3) is 16.6. The van der Waals surface area contributed by atoms with Gasteiger partial charge in [-0.3, -0.25) is 0 Å². The molecular formula is C17H30O4. The van der Waals surface area contributed by atoms with Crippen molar-refractivity contribution in [2.24, 2.45) is 5.92 Å². The van der Waals surface area contributed by atoms with Gasteiger partial charge >= 0.3 is 11.9 Å². The van der Waals surface area contributed by atoms with E-state index in [1.165, 1.54) is 44.9 Å². The lowest BCUT2D eigenvalue weighted by molar-refractivity contribution is -0.138. The standard InChI is InChI=1S/C17H30O4/c1-15(2)11-9-7-5-3-4-6-8-10-14-21-17(20)13-12-16(18)19/h12-13,15H,3-11,14H2,1-2H3,(H,18,19)/b13-12-. The molecule has 0 aromatic carbocycles. The number of hydrogen-bond acceptors (Lipinski definition) is 3. The van der Waals surface area contributed by atoms with Crippen molar-refractivity contribution in [3.8, 4) is 0 Å². The van der Waals surface area contributed by atoms with Crippen LogP contribution in [0.3, 0.4) is 0 Å². The van der Waals surface area contributed by atoms with Crippen molar-refractivity contribution in [2.45, 2.75) is 71.6 Å². The molecule has 0 saturated carbocycles. The zero-order chi connectivity index (χ0) is 15.9. The van der Waals surface area contributed by atoms with Gasteiger partial charge in [0.05, 0.1) is 6.61 Å². The zero-order valence-corrected chi connectivity index (χ0v) is 13.5. The predicted molar refractivity (Wildman–Crippen MR) is 84.1 cm³/mol. The molecule has 0 radical (unpaired) electrons. The monoisotopic (exact) mass is 298 g/mol. The van der Waals surface area contributed by atoms with Crippen molar-refractivity contribution in [1.82, 2.24) is 0 Å². The first kappa shape index (κ1) is 19.7. The number of unbranched alkanes of at least 4 members (excludes halogenated alkanes) is 7. The molecule has 0 saturated heterocycles. The van der Waals surface area contributed by atoms with Crippen LogP contribution in [0.1, 0.15) is 71.6 Å². The first-order valence-corrected chi connectivity index (χ1v) is 8.10. The fourth-order valence-electron chi connectivity index (χ4n) is 2.08. The molecule has 0 atom stereocenters. The van der Waals surface area contributed by atoms with Gasteiger partial charge in [0, 0.05) is 12.2 Å². The SMILES string of the molecule is CC(C)CCCCCCCCCCOC(=O)/C=C\C(=O)O. The minimum absolute atomic E-state index is 0.372. The molecule has 4 nitrogen and oxygen atoms in total. The molecule has 0 heterocycles. The van der Waals surface area contributed by atoms with Crippen LogP contribution in [0.15, 0.2) is 12.2 Å². The van der Waals surface area contributed by atoms with E-state index in [0.29, 0.717) is 6.61 Å². The van der Waals surface area contributed by atoms with Crippen molar-refractivity contribution in [3.63, 3.8) is 0 Å². The molecule has 1 N–H and O–H groups in total. The molecule has 0 aliphatic heterocycles. The van der Waals surface area contributed by atoms with Gasteiger partial charge in [-0.25, -0.2) is 9.59 Å². The number of carbonyl (C=O) groups excluding carboxylic acids is 1. The van der Waals surface area contributed by atoms with Gasteiger partial charge in [-0.15, -0.1) is 0 Å². The van der Waals surface area contributed by atoms with E-state index in [4.69, 9.17) is 9.84 Å². The van der Waals surface area contributed by atoms with Gasteiger partial charge < -0.3 is 9.84 Å². The van der Waals surface area contributed by atoms with Crippen LogP contribution >= 0.6 is 0 Å². The van der Waals surface area contributed by atoms with Crippen molar-refractivity contribution < 1.29 is 19.4 Å². The molecule has 122 valence electrons. The summed E-state index contributed by atoms with van der Waals surface area (Å²) in [4.78, 5) is 21.2. The highest BCUT2D eigenvalue weighted by molar-refractivity contribution is 5.90. The first-order chi connectivity index (χ1) is 10.0. The van der Waals surface area contributed by atoms with Gasteiger partial charge in [0.1, 0.15) is 0 Å². The molecule has 0 aromatic rings. The Morgan fingerprint density at radius 2 is 1.43 bits per heavy atom. The molecule has 4 heteroatoms. The van der Waals surface area contributed by atoms with Gasteiger partial charge in [0.15, 0.2) is 0 Å². The molecule has 0 bridgehead atoms. The molecule has 21 heavy (non-hydrogen) atoms. The van der Waals surface area contributed by atoms with Crippen molar-refractivity contribution in [1.29, 1.82) is 0 Å². The van der Waals surface area contributed by atoms with Crippen LogP contribution in [0.25, 0.3) is 0 Å². The maximum atomic E-state index is 11.1. The minimum Gasteiger partial charge on any atom is -0.478 e. The Labute approximate surface area is 128 Å². The number of rotatable bonds is 13. The Morgan fingerprint density at radius 3 is 1.95 bits per heavy atom. The largest absolute Gasteiger partial charge is 0.478 e. The Balaban J connectivity index is 3.22. The van der Waals surface area contributed by atoms with Crippen LogP contribution in [-0.4, -0.2) is 23.7 Å². The Morgan fingerprint density at radius 1 is 0.905 bits per heavy atom. The van der Waals surface area contributed by atoms with Crippen LogP contribution in [0.5, 0.6) is 0 Å². The summed E-state index contributed by atoms with van der Waals surface area (Å²) < 4.78 is 4.89. The second-order valence-electron chi connectivity index (χ2n) is 5.85. The summed E-state index contributed by atoms with van der Waals surface area (Å²) in [7, 11) is 0. The Hall–Kier alpha value is -1.32. The van der Waals surface area contributed by atoms with Crippen molar-refractivity contribution in [3.05, 3.63) is 12.2 Å². The molecule has 0 aliphatic carbocycles. The highest BCUT2D eigenvalue weighted by Gasteiger charge is 1.98. The predicted octanol–water partition coefficient (Wildman–Crippen LogP) is 4.34. The van der Waals surface area contributed by atoms with Crippen molar-refractivity contribution >= 4 is 11.9 Å². The highest BCUT2D eigenvalue weighted by atomic mass is 16.5. The average molecular weight is 298 g/mol. The number of carboxylic acid groups (broad SMARTS) is 1. The summed E-state index contributed by atoms with van der Waals surface area (Å²) in [5.74, 6) is -0.902. The lowest BCUT2D eigenvalue weighted by atomic mass is 10.0. The molecular weight excluding hydrogens is 268 g/mol. The second-order valence-corrected chi connectivity index (χ2v) is 5.85. The first-order valence-electron chi connectivity index (χ1n) is 8.10. The third-order valence-corrected chi connectivity index (χ3v) is 3.28. The van der Waals surface area contributed by atoms with E-state index in [9.17, 15) is 9.59 Å². The highest BCUT2D eigenvalue weighted by Crippen LogP contribution is 2.12. The zero-order valence-electron chi connectivity index (χ0n) is 13.5. The van der Waals surface area contributed by atoms with E-state index < -0.39 is 11.9 Å². The fraction of sp³-hybridized carbons (Fsp3) is 0.765. The lowest BCUT2D eigenvalue weighted by Gasteiger charge is -2.05. The average Bonchev–Trinajstić information content (AvgIpc) is 2.42. The smallest absolute Gasteiger partial charge is 0.331 e. The van der Waals surface area contributed by atoms with E-state index in [0.717, 1.165) is 30.9 Å². The van der Waals surface area contributed by atoms with E-state index in [1.54, 1.807) is 0 Å². The van der Waals surface area contributed by atoms with Gasteiger partial charge in [-0.05, 0) is 12.3 Å². The lowest BCUT2D eigenvalue weighted by Crippen LogP contribution is -2.03. The number of ether oxygens (including phenoxy) is 1. The van der Waals surface area contributed by atoms with E-state index >= 15 is 0 Å². The molecule has 0 rings (SSSR count). The summed E-state index contributed by atoms with van der Waals surface area (Å²) in [6, 6.07) is 0. The summed E-state index contributed by atoms with van der Waals surface area (Å²) in [6.45, 7) is 4.91. The summed E-state index contributed by atoms with van der Waals surface area (Å²) >= 11 is 0.